The number of thiophene rings is 1. The van der Waals surface area contributed by atoms with Crippen LogP contribution in [0.5, 0.6) is 11.5 Å². The van der Waals surface area contributed by atoms with Crippen LogP contribution in [0.2, 0.25) is 0 Å². The first-order valence-corrected chi connectivity index (χ1v) is 13.5. The Balaban J connectivity index is 1.55. The molecule has 2 aromatic carbocycles. The summed E-state index contributed by atoms with van der Waals surface area (Å²) in [5.41, 5.74) is 2.79. The number of carboxylic acid groups (broad SMARTS) is 1. The van der Waals surface area contributed by atoms with E-state index in [1.165, 1.54) is 36.7 Å². The first kappa shape index (κ1) is 27.2. The van der Waals surface area contributed by atoms with E-state index in [2.05, 4.69) is 34.0 Å². The lowest BCUT2D eigenvalue weighted by molar-refractivity contribution is -0.112. The average Bonchev–Trinajstić information content (AvgIpc) is 3.27. The molecular weight excluding hydrogens is 617 g/mol. The zero-order chi connectivity index (χ0) is 27.2. The first-order valence-electron chi connectivity index (χ1n) is 11.6. The Morgan fingerprint density at radius 1 is 1.21 bits per heavy atom. The van der Waals surface area contributed by atoms with Gasteiger partial charge in [-0.15, -0.1) is 11.3 Å². The van der Waals surface area contributed by atoms with Crippen molar-refractivity contribution in [2.75, 3.05) is 12.4 Å². The lowest BCUT2D eigenvalue weighted by Crippen LogP contribution is -2.13. The summed E-state index contributed by atoms with van der Waals surface area (Å²) in [6, 6.07) is 14.0. The molecule has 4 rings (SSSR count). The Bertz CT molecular complexity index is 1530. The number of aromatic carboxylic acids is 1. The number of anilines is 1. The van der Waals surface area contributed by atoms with Gasteiger partial charge >= 0.3 is 5.97 Å². The van der Waals surface area contributed by atoms with E-state index in [4.69, 9.17) is 9.47 Å². The fraction of sp³-hybridized carbons (Fsp3) is 0.214. The van der Waals surface area contributed by atoms with Crippen molar-refractivity contribution in [1.82, 2.24) is 0 Å². The predicted molar refractivity (Wildman–Crippen MR) is 151 cm³/mol. The van der Waals surface area contributed by atoms with Crippen molar-refractivity contribution in [1.29, 1.82) is 10.5 Å². The number of nitrogens with one attached hydrogen (secondary N) is 1. The fourth-order valence-corrected chi connectivity index (χ4v) is 6.19. The van der Waals surface area contributed by atoms with E-state index in [1.807, 2.05) is 6.07 Å². The smallest absolute Gasteiger partial charge is 0.335 e. The number of hydrogen-bond acceptors (Lipinski definition) is 7. The van der Waals surface area contributed by atoms with Gasteiger partial charge in [0.25, 0.3) is 5.91 Å². The minimum atomic E-state index is -1.02. The molecular formula is C28H22IN3O5S. The van der Waals surface area contributed by atoms with Crippen LogP contribution in [-0.4, -0.2) is 24.1 Å². The van der Waals surface area contributed by atoms with Crippen molar-refractivity contribution < 1.29 is 24.2 Å². The summed E-state index contributed by atoms with van der Waals surface area (Å²) in [5.74, 6) is -0.755. The third-order valence-corrected chi connectivity index (χ3v) is 8.00. The van der Waals surface area contributed by atoms with Gasteiger partial charge in [0, 0.05) is 4.88 Å². The third kappa shape index (κ3) is 5.98. The normalized spacial score (nSPS) is 12.6. The highest BCUT2D eigenvalue weighted by atomic mass is 127. The van der Waals surface area contributed by atoms with E-state index in [0.29, 0.717) is 36.8 Å². The number of nitrogens with zero attached hydrogens (tertiary/aromatic N) is 2. The quantitative estimate of drug-likeness (QED) is 0.177. The SMILES string of the molecule is COc1cc(/C=C(\C#N)C(=O)Nc2sc3c(c2C#N)CCCC3)cc(I)c1OCc1cccc(C(=O)O)c1. The molecule has 0 saturated heterocycles. The number of ether oxygens (including phenoxy) is 2. The number of amides is 1. The molecule has 0 unspecified atom stereocenters. The zero-order valence-corrected chi connectivity index (χ0v) is 23.3. The molecule has 38 heavy (non-hydrogen) atoms. The average molecular weight is 639 g/mol. The summed E-state index contributed by atoms with van der Waals surface area (Å²) in [6.07, 6.45) is 5.25. The molecule has 2 N–H and O–H groups in total. The lowest BCUT2D eigenvalue weighted by Gasteiger charge is -2.14. The highest BCUT2D eigenvalue weighted by molar-refractivity contribution is 14.1. The van der Waals surface area contributed by atoms with Crippen LogP contribution in [0.25, 0.3) is 6.08 Å². The molecule has 0 saturated carbocycles. The maximum absolute atomic E-state index is 13.0. The Hall–Kier alpha value is -3.87. The molecule has 1 aromatic heterocycles. The van der Waals surface area contributed by atoms with Crippen molar-refractivity contribution >= 4 is 56.9 Å². The number of carbonyl (C=O) groups excluding carboxylic acids is 1. The van der Waals surface area contributed by atoms with E-state index in [0.717, 1.165) is 36.1 Å². The van der Waals surface area contributed by atoms with E-state index in [9.17, 15) is 25.2 Å². The van der Waals surface area contributed by atoms with Crippen LogP contribution in [0.1, 0.15) is 50.3 Å². The zero-order valence-electron chi connectivity index (χ0n) is 20.3. The summed E-state index contributed by atoms with van der Waals surface area (Å²) in [7, 11) is 1.48. The van der Waals surface area contributed by atoms with Gasteiger partial charge in [0.2, 0.25) is 0 Å². The molecule has 0 spiro atoms. The monoisotopic (exact) mass is 639 g/mol. The number of carboxylic acids is 1. The maximum atomic E-state index is 13.0. The molecule has 1 aliphatic rings. The fourth-order valence-electron chi connectivity index (χ4n) is 4.17. The van der Waals surface area contributed by atoms with Gasteiger partial charge in [0.15, 0.2) is 11.5 Å². The number of benzene rings is 2. The van der Waals surface area contributed by atoms with Crippen LogP contribution in [0, 0.1) is 26.2 Å². The van der Waals surface area contributed by atoms with E-state index in [-0.39, 0.29) is 17.7 Å². The number of halogens is 1. The Kier molecular flexibility index (Phi) is 8.66. The molecule has 0 bridgehead atoms. The highest BCUT2D eigenvalue weighted by Gasteiger charge is 2.23. The summed E-state index contributed by atoms with van der Waals surface area (Å²) < 4.78 is 12.1. The van der Waals surface area contributed by atoms with Crippen LogP contribution in [0.15, 0.2) is 42.0 Å². The summed E-state index contributed by atoms with van der Waals surface area (Å²) in [4.78, 5) is 25.3. The molecule has 8 nitrogen and oxygen atoms in total. The van der Waals surface area contributed by atoms with Gasteiger partial charge in [-0.3, -0.25) is 4.79 Å². The first-order chi connectivity index (χ1) is 18.3. The molecule has 0 atom stereocenters. The van der Waals surface area contributed by atoms with Crippen LogP contribution < -0.4 is 14.8 Å². The van der Waals surface area contributed by atoms with Crippen molar-refractivity contribution in [2.24, 2.45) is 0 Å². The number of rotatable bonds is 8. The van der Waals surface area contributed by atoms with E-state index >= 15 is 0 Å². The number of carbonyl (C=O) groups is 2. The Morgan fingerprint density at radius 3 is 2.71 bits per heavy atom. The van der Waals surface area contributed by atoms with Crippen molar-refractivity contribution in [3.63, 3.8) is 0 Å². The summed E-state index contributed by atoms with van der Waals surface area (Å²) >= 11 is 3.48. The molecule has 192 valence electrons. The van der Waals surface area contributed by atoms with E-state index in [1.54, 1.807) is 24.3 Å². The number of aryl methyl sites for hydroxylation is 1. The Labute approximate surface area is 237 Å². The van der Waals surface area contributed by atoms with Gasteiger partial charge in [0.1, 0.15) is 29.3 Å². The second kappa shape index (κ2) is 12.1. The molecule has 10 heteroatoms. The number of nitriles is 2. The van der Waals surface area contributed by atoms with Gasteiger partial charge in [0.05, 0.1) is 21.8 Å². The van der Waals surface area contributed by atoms with Crippen LogP contribution >= 0.6 is 33.9 Å². The van der Waals surface area contributed by atoms with Gasteiger partial charge in [-0.2, -0.15) is 10.5 Å². The largest absolute Gasteiger partial charge is 0.493 e. The van der Waals surface area contributed by atoms with Crippen molar-refractivity contribution in [3.05, 3.63) is 78.2 Å². The molecule has 1 amide bonds. The van der Waals surface area contributed by atoms with E-state index < -0.39 is 11.9 Å². The number of methoxy groups -OCH3 is 1. The number of fused-ring (bicyclic) bond motifs is 1. The van der Waals surface area contributed by atoms with Crippen LogP contribution in [-0.2, 0) is 24.2 Å². The molecule has 0 radical (unpaired) electrons. The molecule has 0 aliphatic heterocycles. The minimum Gasteiger partial charge on any atom is -0.493 e. The topological polar surface area (TPSA) is 132 Å². The highest BCUT2D eigenvalue weighted by Crippen LogP contribution is 2.38. The van der Waals surface area contributed by atoms with Crippen LogP contribution in [0.3, 0.4) is 0 Å². The second-order valence-corrected chi connectivity index (χ2v) is 10.7. The standard InChI is InChI=1S/C28H22IN3O5S/c1-36-23-12-17(11-22(29)25(23)37-15-16-5-4-6-18(9-16)28(34)35)10-19(13-30)26(33)32-27-21(14-31)20-7-2-3-8-24(20)38-27/h4-6,9-12H,2-3,7-8,15H2,1H3,(H,32,33)(H,34,35)/b19-10+. The van der Waals surface area contributed by atoms with Crippen molar-refractivity contribution in [3.8, 4) is 23.6 Å². The molecule has 1 aliphatic carbocycles. The van der Waals surface area contributed by atoms with Crippen LogP contribution in [0.4, 0.5) is 5.00 Å². The van der Waals surface area contributed by atoms with Gasteiger partial charge in [-0.1, -0.05) is 12.1 Å². The second-order valence-electron chi connectivity index (χ2n) is 8.48. The maximum Gasteiger partial charge on any atom is 0.335 e. The summed E-state index contributed by atoms with van der Waals surface area (Å²) in [6.45, 7) is 0.126. The van der Waals surface area contributed by atoms with Crippen molar-refractivity contribution in [2.45, 2.75) is 32.3 Å². The number of hydrogen-bond donors (Lipinski definition) is 2. The molecule has 0 fully saturated rings. The molecule has 3 aromatic rings. The van der Waals surface area contributed by atoms with Gasteiger partial charge in [-0.05, 0) is 95.3 Å². The van der Waals surface area contributed by atoms with Gasteiger partial charge < -0.3 is 19.9 Å². The predicted octanol–water partition coefficient (Wildman–Crippen LogP) is 5.93. The Morgan fingerprint density at radius 2 is 2.00 bits per heavy atom. The molecule has 1 heterocycles. The summed E-state index contributed by atoms with van der Waals surface area (Å²) in [5, 5.41) is 31.8. The third-order valence-electron chi connectivity index (χ3n) is 6.00. The van der Waals surface area contributed by atoms with Gasteiger partial charge in [-0.25, -0.2) is 4.79 Å². The lowest BCUT2D eigenvalue weighted by atomic mass is 9.96. The minimum absolute atomic E-state index is 0.114.